The highest BCUT2D eigenvalue weighted by Crippen LogP contribution is 2.35. The Kier molecular flexibility index (Phi) is 7.59. The van der Waals surface area contributed by atoms with Crippen molar-refractivity contribution in [3.05, 3.63) is 24.3 Å². The number of carbonyl (C=O) groups excluding carboxylic acids is 1. The molecule has 0 radical (unpaired) electrons. The number of primary amides is 1. The third kappa shape index (κ3) is 6.31. The fourth-order valence-corrected chi connectivity index (χ4v) is 5.13. The van der Waals surface area contributed by atoms with Crippen LogP contribution in [0.25, 0.3) is 0 Å². The van der Waals surface area contributed by atoms with Gasteiger partial charge in [-0.15, -0.1) is 0 Å². The molecule has 2 fully saturated rings. The number of piperidine rings is 1. The van der Waals surface area contributed by atoms with E-state index in [1.165, 1.54) is 23.1 Å². The quantitative estimate of drug-likeness (QED) is 0.373. The first-order valence-electron chi connectivity index (χ1n) is 10.4. The first-order chi connectivity index (χ1) is 15.1. The Balaban J connectivity index is 1.43. The molecule has 2 aliphatic rings. The van der Waals surface area contributed by atoms with Gasteiger partial charge in [-0.2, -0.15) is 0 Å². The first kappa shape index (κ1) is 24.2. The van der Waals surface area contributed by atoms with Gasteiger partial charge in [0.1, 0.15) is 24.2 Å². The summed E-state index contributed by atoms with van der Waals surface area (Å²) in [7, 11) is -3.84. The third-order valence-electron chi connectivity index (χ3n) is 5.74. The molecule has 3 rings (SSSR count). The van der Waals surface area contributed by atoms with Crippen LogP contribution in [0.3, 0.4) is 0 Å². The normalized spacial score (nSPS) is 21.4. The highest BCUT2D eigenvalue weighted by Gasteiger charge is 2.43. The molecular formula is C20H29N3O8S. The van der Waals surface area contributed by atoms with Gasteiger partial charge in [0.25, 0.3) is 0 Å². The molecule has 32 heavy (non-hydrogen) atoms. The molecule has 2 saturated heterocycles. The minimum absolute atomic E-state index is 0.0447. The summed E-state index contributed by atoms with van der Waals surface area (Å²) in [6.07, 6.45) is 0.294. The second-order valence-corrected chi connectivity index (χ2v) is 10.2. The van der Waals surface area contributed by atoms with Crippen LogP contribution in [0.2, 0.25) is 0 Å². The summed E-state index contributed by atoms with van der Waals surface area (Å²) in [6.45, 7) is 1.59. The Morgan fingerprint density at radius 1 is 1.34 bits per heavy atom. The Morgan fingerprint density at radius 2 is 2.06 bits per heavy atom. The minimum atomic E-state index is -3.84. The summed E-state index contributed by atoms with van der Waals surface area (Å²) in [5.41, 5.74) is 4.66. The van der Waals surface area contributed by atoms with Crippen molar-refractivity contribution in [1.82, 2.24) is 10.2 Å². The molecule has 2 atom stereocenters. The molecule has 5 N–H and O–H groups in total. The Labute approximate surface area is 186 Å². The molecule has 2 unspecified atom stereocenters. The summed E-state index contributed by atoms with van der Waals surface area (Å²) >= 11 is 0. The number of hydrogen-bond acceptors (Lipinski definition) is 8. The van der Waals surface area contributed by atoms with Gasteiger partial charge in [0.05, 0.1) is 17.1 Å². The van der Waals surface area contributed by atoms with Gasteiger partial charge in [-0.25, -0.2) is 13.2 Å². The van der Waals surface area contributed by atoms with Gasteiger partial charge in [-0.3, -0.25) is 4.79 Å². The van der Waals surface area contributed by atoms with Gasteiger partial charge in [0, 0.05) is 25.7 Å². The molecule has 2 heterocycles. The molecule has 2 aliphatic heterocycles. The Bertz CT molecular complexity index is 931. The van der Waals surface area contributed by atoms with Crippen molar-refractivity contribution in [3.63, 3.8) is 0 Å². The maximum atomic E-state index is 12.1. The molecule has 12 heteroatoms. The summed E-state index contributed by atoms with van der Waals surface area (Å²) in [6, 6.07) is 5.72. The van der Waals surface area contributed by atoms with E-state index in [2.05, 4.69) is 5.32 Å². The number of likely N-dealkylation sites (tertiary alicyclic amines) is 1. The third-order valence-corrected chi connectivity index (χ3v) is 7.37. The largest absolute Gasteiger partial charge is 0.491 e. The predicted octanol–water partition coefficient (Wildman–Crippen LogP) is -0.424. The standard InChI is InChI=1S/C20H29N3O8S/c21-18(25)13-32(28,29)17-3-1-2-16(8-17)30-12-15(24)10-22-14-9-20(31-11-14)4-6-23(7-5-20)19(26)27/h1-3,8,14-15,22,24H,4-7,9-13H2,(H2,21,25)(H,26,27). The van der Waals surface area contributed by atoms with Crippen LogP contribution in [0.1, 0.15) is 19.3 Å². The molecule has 1 spiro atoms. The SMILES string of the molecule is NC(=O)CS(=O)(=O)c1cccc(OCC(O)CNC2COC3(CCN(C(=O)O)CC3)C2)c1. The summed E-state index contributed by atoms with van der Waals surface area (Å²) < 4.78 is 35.7. The van der Waals surface area contributed by atoms with Crippen molar-refractivity contribution >= 4 is 21.8 Å². The number of sulfone groups is 1. The second-order valence-electron chi connectivity index (χ2n) is 8.24. The number of aliphatic hydroxyl groups is 1. The number of ether oxygens (including phenoxy) is 2. The smallest absolute Gasteiger partial charge is 0.407 e. The number of carbonyl (C=O) groups is 2. The number of nitrogens with zero attached hydrogens (tertiary/aromatic N) is 1. The number of rotatable bonds is 9. The zero-order chi connectivity index (χ0) is 23.4. The lowest BCUT2D eigenvalue weighted by molar-refractivity contribution is -0.115. The van der Waals surface area contributed by atoms with Crippen LogP contribution in [0.4, 0.5) is 4.79 Å². The number of amides is 2. The van der Waals surface area contributed by atoms with Crippen molar-refractivity contribution in [3.8, 4) is 5.75 Å². The maximum Gasteiger partial charge on any atom is 0.407 e. The Hall–Kier alpha value is -2.41. The first-order valence-corrected chi connectivity index (χ1v) is 12.0. The highest BCUT2D eigenvalue weighted by molar-refractivity contribution is 7.92. The van der Waals surface area contributed by atoms with E-state index in [1.807, 2.05) is 0 Å². The second kappa shape index (κ2) is 10.0. The van der Waals surface area contributed by atoms with Gasteiger partial charge in [0.15, 0.2) is 9.84 Å². The molecule has 0 aromatic heterocycles. The van der Waals surface area contributed by atoms with E-state index in [0.29, 0.717) is 32.5 Å². The zero-order valence-corrected chi connectivity index (χ0v) is 18.4. The van der Waals surface area contributed by atoms with E-state index in [-0.39, 0.29) is 35.4 Å². The van der Waals surface area contributed by atoms with E-state index in [4.69, 9.17) is 20.3 Å². The van der Waals surface area contributed by atoms with Gasteiger partial charge in [-0.05, 0) is 37.5 Å². The zero-order valence-electron chi connectivity index (χ0n) is 17.6. The maximum absolute atomic E-state index is 12.1. The van der Waals surface area contributed by atoms with Crippen LogP contribution in [-0.4, -0.2) is 91.9 Å². The van der Waals surface area contributed by atoms with Crippen LogP contribution in [0.5, 0.6) is 5.75 Å². The van der Waals surface area contributed by atoms with Crippen LogP contribution < -0.4 is 15.8 Å². The van der Waals surface area contributed by atoms with Gasteiger partial charge < -0.3 is 35.6 Å². The lowest BCUT2D eigenvalue weighted by Gasteiger charge is -2.37. The number of carboxylic acid groups (broad SMARTS) is 1. The average molecular weight is 472 g/mol. The fraction of sp³-hybridized carbons (Fsp3) is 0.600. The number of nitrogens with two attached hydrogens (primary N) is 1. The monoisotopic (exact) mass is 471 g/mol. The van der Waals surface area contributed by atoms with E-state index >= 15 is 0 Å². The summed E-state index contributed by atoms with van der Waals surface area (Å²) in [5.74, 6) is -1.48. The molecule has 178 valence electrons. The van der Waals surface area contributed by atoms with Crippen LogP contribution in [0, 0.1) is 0 Å². The molecule has 1 aromatic carbocycles. The van der Waals surface area contributed by atoms with Gasteiger partial charge >= 0.3 is 6.09 Å². The molecular weight excluding hydrogens is 442 g/mol. The van der Waals surface area contributed by atoms with Crippen LogP contribution in [-0.2, 0) is 19.4 Å². The molecule has 0 saturated carbocycles. The topological polar surface area (TPSA) is 168 Å². The molecule has 2 amide bonds. The van der Waals surface area contributed by atoms with Gasteiger partial charge in [-0.1, -0.05) is 6.07 Å². The number of nitrogens with one attached hydrogen (secondary N) is 1. The molecule has 11 nitrogen and oxygen atoms in total. The van der Waals surface area contributed by atoms with E-state index in [9.17, 15) is 23.1 Å². The number of hydrogen-bond donors (Lipinski definition) is 4. The average Bonchev–Trinajstić information content (AvgIpc) is 3.13. The predicted molar refractivity (Wildman–Crippen MR) is 113 cm³/mol. The van der Waals surface area contributed by atoms with Gasteiger partial charge in [0.2, 0.25) is 5.91 Å². The molecule has 0 aliphatic carbocycles. The van der Waals surface area contributed by atoms with E-state index in [0.717, 1.165) is 6.42 Å². The van der Waals surface area contributed by atoms with Crippen LogP contribution in [0.15, 0.2) is 29.2 Å². The summed E-state index contributed by atoms with van der Waals surface area (Å²) in [5, 5.41) is 22.6. The molecule has 1 aromatic rings. The molecule has 0 bridgehead atoms. The van der Waals surface area contributed by atoms with Crippen molar-refractivity contribution < 1.29 is 37.7 Å². The van der Waals surface area contributed by atoms with Crippen LogP contribution >= 0.6 is 0 Å². The lowest BCUT2D eigenvalue weighted by Crippen LogP contribution is -2.46. The Morgan fingerprint density at radius 3 is 2.72 bits per heavy atom. The highest BCUT2D eigenvalue weighted by atomic mass is 32.2. The summed E-state index contributed by atoms with van der Waals surface area (Å²) in [4.78, 5) is 23.3. The van der Waals surface area contributed by atoms with Crippen molar-refractivity contribution in [2.75, 3.05) is 38.6 Å². The number of aliphatic hydroxyl groups excluding tert-OH is 1. The number of benzene rings is 1. The van der Waals surface area contributed by atoms with Crippen molar-refractivity contribution in [2.45, 2.75) is 41.9 Å². The minimum Gasteiger partial charge on any atom is -0.491 e. The lowest BCUT2D eigenvalue weighted by atomic mass is 9.87. The van der Waals surface area contributed by atoms with E-state index < -0.39 is 33.7 Å². The fourth-order valence-electron chi connectivity index (χ4n) is 4.01. The van der Waals surface area contributed by atoms with Crippen molar-refractivity contribution in [1.29, 1.82) is 0 Å². The van der Waals surface area contributed by atoms with E-state index in [1.54, 1.807) is 6.07 Å². The van der Waals surface area contributed by atoms with Crippen molar-refractivity contribution in [2.24, 2.45) is 5.73 Å².